The highest BCUT2D eigenvalue weighted by molar-refractivity contribution is 8.17. The van der Waals surface area contributed by atoms with Crippen molar-refractivity contribution in [2.45, 2.75) is 45.6 Å². The Morgan fingerprint density at radius 3 is 1.91 bits per heavy atom. The van der Waals surface area contributed by atoms with E-state index < -0.39 is 26.3 Å². The number of rotatable bonds is 10. The van der Waals surface area contributed by atoms with Crippen LogP contribution in [0.5, 0.6) is 0 Å². The van der Waals surface area contributed by atoms with Crippen molar-refractivity contribution >= 4 is 21.0 Å². The number of aryl methyl sites for hydroxylation is 1. The summed E-state index contributed by atoms with van der Waals surface area (Å²) in [4.78, 5) is 3.79. The van der Waals surface area contributed by atoms with Crippen LogP contribution in [0.3, 0.4) is 0 Å². The van der Waals surface area contributed by atoms with Gasteiger partial charge in [-0.25, -0.2) is 0 Å². The molecule has 0 aliphatic heterocycles. The van der Waals surface area contributed by atoms with Gasteiger partial charge in [0.15, 0.2) is 0 Å². The Labute approximate surface area is 190 Å². The molecule has 0 aromatic heterocycles. The van der Waals surface area contributed by atoms with Crippen molar-refractivity contribution < 1.29 is 21.8 Å². The van der Waals surface area contributed by atoms with E-state index in [0.717, 1.165) is 18.9 Å². The molecular formula is C25H26F2O3S2. The minimum Gasteiger partial charge on any atom is -0.281 e. The summed E-state index contributed by atoms with van der Waals surface area (Å²) in [5.74, 6) is 0. The normalized spacial score (nSPS) is 12.8. The maximum Gasteiger partial charge on any atom is 0.388 e. The quantitative estimate of drug-likeness (QED) is 0.145. The number of unbranched alkanes of at least 4 members (excludes halogenated alkanes) is 2. The zero-order valence-electron chi connectivity index (χ0n) is 17.4. The lowest BCUT2D eigenvalue weighted by atomic mass is 10.1. The Hall–Kier alpha value is -2.48. The van der Waals surface area contributed by atoms with Crippen LogP contribution in [-0.4, -0.2) is 18.2 Å². The highest BCUT2D eigenvalue weighted by atomic mass is 32.2. The average Bonchev–Trinajstić information content (AvgIpc) is 2.78. The standard InChI is InChI=1S/C25H26F2O3S2/c26-25(27,32(28,29)30)20-12-2-1-5-13-21-14-10-11-19-24(21)31(22-15-6-3-7-16-22)23-17-8-4-9-18-23/h3-4,6-12,14-20,31H,1-2,5,13H2,(H,28,29,30)/b20-12+. The van der Waals surface area contributed by atoms with Gasteiger partial charge in [-0.3, -0.25) is 4.55 Å². The zero-order chi connectivity index (χ0) is 23.0. The third-order valence-corrected chi connectivity index (χ3v) is 8.36. The van der Waals surface area contributed by atoms with Gasteiger partial charge in [0.05, 0.1) is 0 Å². The maximum absolute atomic E-state index is 13.2. The van der Waals surface area contributed by atoms with E-state index in [1.165, 1.54) is 20.2 Å². The number of hydrogen-bond donors (Lipinski definition) is 2. The third kappa shape index (κ3) is 6.28. The molecule has 0 radical (unpaired) electrons. The summed E-state index contributed by atoms with van der Waals surface area (Å²) in [6, 6.07) is 29.1. The number of thiol groups is 1. The van der Waals surface area contributed by atoms with Crippen LogP contribution in [0.1, 0.15) is 24.8 Å². The largest absolute Gasteiger partial charge is 0.388 e. The minimum absolute atomic E-state index is 0.250. The Bertz CT molecular complexity index is 1090. The molecule has 0 saturated heterocycles. The van der Waals surface area contributed by atoms with E-state index >= 15 is 0 Å². The second-order valence-electron chi connectivity index (χ2n) is 7.32. The van der Waals surface area contributed by atoms with E-state index in [9.17, 15) is 17.2 Å². The lowest BCUT2D eigenvalue weighted by Crippen LogP contribution is -2.25. The van der Waals surface area contributed by atoms with Crippen molar-refractivity contribution in [3.8, 4) is 0 Å². The van der Waals surface area contributed by atoms with Gasteiger partial charge in [0.25, 0.3) is 0 Å². The molecule has 3 aromatic rings. The monoisotopic (exact) mass is 476 g/mol. The van der Waals surface area contributed by atoms with Crippen LogP contribution >= 0.6 is 10.9 Å². The SMILES string of the molecule is O=S(=O)(O)C(F)(F)/C=C/CCCCc1ccccc1[SH](c1ccccc1)c1ccccc1. The minimum atomic E-state index is -5.42. The topological polar surface area (TPSA) is 54.4 Å². The molecule has 0 saturated carbocycles. The third-order valence-electron chi connectivity index (χ3n) is 4.98. The van der Waals surface area contributed by atoms with E-state index in [0.29, 0.717) is 12.8 Å². The van der Waals surface area contributed by atoms with Gasteiger partial charge in [-0.15, -0.1) is 0 Å². The first-order valence-corrected chi connectivity index (χ1v) is 13.1. The lowest BCUT2D eigenvalue weighted by Gasteiger charge is -2.26. The number of hydrogen-bond acceptors (Lipinski definition) is 2. The van der Waals surface area contributed by atoms with Crippen LogP contribution in [-0.2, 0) is 16.5 Å². The van der Waals surface area contributed by atoms with E-state index in [1.807, 2.05) is 48.5 Å². The average molecular weight is 477 g/mol. The lowest BCUT2D eigenvalue weighted by molar-refractivity contribution is 0.133. The van der Waals surface area contributed by atoms with Gasteiger partial charge in [0.1, 0.15) is 0 Å². The fourth-order valence-corrected chi connectivity index (χ4v) is 6.18. The highest BCUT2D eigenvalue weighted by Gasteiger charge is 2.40. The Morgan fingerprint density at radius 2 is 1.34 bits per heavy atom. The molecule has 0 amide bonds. The van der Waals surface area contributed by atoms with E-state index in [-0.39, 0.29) is 6.08 Å². The second kappa shape index (κ2) is 10.9. The fourth-order valence-electron chi connectivity index (χ4n) is 3.41. The van der Waals surface area contributed by atoms with Crippen LogP contribution in [0.4, 0.5) is 8.78 Å². The molecule has 0 aliphatic rings. The van der Waals surface area contributed by atoms with Gasteiger partial charge in [-0.05, 0) is 82.3 Å². The van der Waals surface area contributed by atoms with Gasteiger partial charge in [-0.1, -0.05) is 60.7 Å². The molecule has 0 spiro atoms. The van der Waals surface area contributed by atoms with Crippen molar-refractivity contribution in [1.82, 2.24) is 0 Å². The number of benzene rings is 3. The molecule has 32 heavy (non-hydrogen) atoms. The zero-order valence-corrected chi connectivity index (χ0v) is 19.2. The summed E-state index contributed by atoms with van der Waals surface area (Å²) in [6.07, 6.45) is 3.85. The summed E-state index contributed by atoms with van der Waals surface area (Å²) < 4.78 is 56.3. The van der Waals surface area contributed by atoms with E-state index in [4.69, 9.17) is 4.55 Å². The van der Waals surface area contributed by atoms with Crippen LogP contribution in [0.25, 0.3) is 0 Å². The smallest absolute Gasteiger partial charge is 0.281 e. The first-order chi connectivity index (χ1) is 15.3. The van der Waals surface area contributed by atoms with E-state index in [1.54, 1.807) is 0 Å². The molecule has 3 nitrogen and oxygen atoms in total. The fraction of sp³-hybridized carbons (Fsp3) is 0.200. The van der Waals surface area contributed by atoms with Crippen LogP contribution < -0.4 is 0 Å². The first kappa shape index (κ1) is 24.2. The van der Waals surface area contributed by atoms with Crippen molar-refractivity contribution in [2.24, 2.45) is 0 Å². The molecule has 3 aromatic carbocycles. The van der Waals surface area contributed by atoms with Gasteiger partial charge in [0.2, 0.25) is 0 Å². The molecule has 3 rings (SSSR count). The second-order valence-corrected chi connectivity index (χ2v) is 11.0. The maximum atomic E-state index is 13.2. The number of halogens is 2. The molecule has 170 valence electrons. The highest BCUT2D eigenvalue weighted by Crippen LogP contribution is 2.52. The van der Waals surface area contributed by atoms with Gasteiger partial charge in [0, 0.05) is 0 Å². The van der Waals surface area contributed by atoms with Crippen molar-refractivity contribution in [3.63, 3.8) is 0 Å². The first-order valence-electron chi connectivity index (χ1n) is 10.3. The predicted molar refractivity (Wildman–Crippen MR) is 126 cm³/mol. The molecule has 0 heterocycles. The van der Waals surface area contributed by atoms with Crippen LogP contribution in [0, 0.1) is 0 Å². The summed E-state index contributed by atoms with van der Waals surface area (Å²) in [5, 5.41) is -4.25. The summed E-state index contributed by atoms with van der Waals surface area (Å²) >= 11 is 0. The molecule has 0 aliphatic carbocycles. The molecule has 1 N–H and O–H groups in total. The van der Waals surface area contributed by atoms with Crippen molar-refractivity contribution in [3.05, 3.63) is 103 Å². The summed E-state index contributed by atoms with van der Waals surface area (Å²) in [7, 11) is -6.15. The molecule has 7 heteroatoms. The van der Waals surface area contributed by atoms with Crippen LogP contribution in [0.2, 0.25) is 0 Å². The van der Waals surface area contributed by atoms with Gasteiger partial charge < -0.3 is 0 Å². The molecule has 0 atom stereocenters. The molecule has 0 bridgehead atoms. The Kier molecular flexibility index (Phi) is 8.23. The van der Waals surface area contributed by atoms with Crippen molar-refractivity contribution in [1.29, 1.82) is 0 Å². The summed E-state index contributed by atoms with van der Waals surface area (Å²) in [5.41, 5.74) is 1.22. The predicted octanol–water partition coefficient (Wildman–Crippen LogP) is 6.91. The molecular weight excluding hydrogens is 450 g/mol. The molecule has 0 fully saturated rings. The Balaban J connectivity index is 1.74. The number of alkyl halides is 2. The summed E-state index contributed by atoms with van der Waals surface area (Å²) in [6.45, 7) is 0. The van der Waals surface area contributed by atoms with E-state index in [2.05, 4.69) is 36.4 Å². The number of allylic oxidation sites excluding steroid dienone is 1. The molecule has 0 unspecified atom stereocenters. The van der Waals surface area contributed by atoms with Gasteiger partial charge in [-0.2, -0.15) is 28.1 Å². The van der Waals surface area contributed by atoms with Crippen LogP contribution in [0.15, 0.2) is 112 Å². The van der Waals surface area contributed by atoms with Gasteiger partial charge >= 0.3 is 15.4 Å². The Morgan fingerprint density at radius 1 is 0.812 bits per heavy atom. The van der Waals surface area contributed by atoms with Crippen molar-refractivity contribution in [2.75, 3.05) is 0 Å².